The molecule has 0 saturated carbocycles. The standard InChI is InChI=1S/C20H18ClF2N3O2/c21-13-6-5-12-9-18(25-16(12)10-13)24-14-7-8-26(11-14)19(27)15-3-1-2-4-17(15)28-20(22)23/h1-6,9-10,14,20,24-25H,7-8,11H2/t14-/m1/s1. The van der Waals surface area contributed by atoms with E-state index in [2.05, 4.69) is 15.0 Å². The lowest BCUT2D eigenvalue weighted by Gasteiger charge is -2.19. The van der Waals surface area contributed by atoms with Crippen LogP contribution in [0, 0.1) is 0 Å². The Hall–Kier alpha value is -2.80. The molecular formula is C20H18ClF2N3O2. The van der Waals surface area contributed by atoms with Crippen molar-refractivity contribution in [1.82, 2.24) is 9.88 Å². The van der Waals surface area contributed by atoms with Crippen molar-refractivity contribution in [3.05, 3.63) is 59.1 Å². The molecule has 1 aliphatic rings. The highest BCUT2D eigenvalue weighted by Crippen LogP contribution is 2.26. The largest absolute Gasteiger partial charge is 0.434 e. The number of benzene rings is 2. The van der Waals surface area contributed by atoms with Gasteiger partial charge in [0.25, 0.3) is 5.91 Å². The van der Waals surface area contributed by atoms with Gasteiger partial charge in [0.1, 0.15) is 11.6 Å². The number of para-hydroxylation sites is 1. The second-order valence-corrected chi connectivity index (χ2v) is 7.11. The Morgan fingerprint density at radius 2 is 2.07 bits per heavy atom. The number of fused-ring (bicyclic) bond motifs is 1. The lowest BCUT2D eigenvalue weighted by molar-refractivity contribution is -0.0502. The van der Waals surface area contributed by atoms with Gasteiger partial charge in [0.2, 0.25) is 0 Å². The molecule has 1 aliphatic heterocycles. The number of hydrogen-bond acceptors (Lipinski definition) is 3. The molecule has 146 valence electrons. The number of aromatic nitrogens is 1. The number of rotatable bonds is 5. The topological polar surface area (TPSA) is 57.4 Å². The van der Waals surface area contributed by atoms with Gasteiger partial charge in [0, 0.05) is 35.1 Å². The number of hydrogen-bond donors (Lipinski definition) is 2. The first-order chi connectivity index (χ1) is 13.5. The molecule has 3 aromatic rings. The van der Waals surface area contributed by atoms with E-state index >= 15 is 0 Å². The minimum absolute atomic E-state index is 0.0515. The van der Waals surface area contributed by atoms with Crippen molar-refractivity contribution in [2.24, 2.45) is 0 Å². The first-order valence-corrected chi connectivity index (χ1v) is 9.25. The highest BCUT2D eigenvalue weighted by Gasteiger charge is 2.29. The van der Waals surface area contributed by atoms with Crippen molar-refractivity contribution < 1.29 is 18.3 Å². The molecule has 5 nitrogen and oxygen atoms in total. The maximum absolute atomic E-state index is 12.8. The quantitative estimate of drug-likeness (QED) is 0.644. The lowest BCUT2D eigenvalue weighted by atomic mass is 10.2. The molecule has 1 aromatic heterocycles. The number of aromatic amines is 1. The van der Waals surface area contributed by atoms with Gasteiger partial charge >= 0.3 is 6.61 Å². The second-order valence-electron chi connectivity index (χ2n) is 6.67. The fourth-order valence-electron chi connectivity index (χ4n) is 3.47. The molecular weight excluding hydrogens is 388 g/mol. The molecule has 0 spiro atoms. The summed E-state index contributed by atoms with van der Waals surface area (Å²) in [7, 11) is 0. The molecule has 0 radical (unpaired) electrons. The van der Waals surface area contributed by atoms with E-state index in [4.69, 9.17) is 11.6 Å². The van der Waals surface area contributed by atoms with Crippen molar-refractivity contribution in [3.63, 3.8) is 0 Å². The number of carbonyl (C=O) groups is 1. The summed E-state index contributed by atoms with van der Waals surface area (Å²) in [6.45, 7) is -1.97. The van der Waals surface area contributed by atoms with Crippen molar-refractivity contribution >= 4 is 34.2 Å². The highest BCUT2D eigenvalue weighted by molar-refractivity contribution is 6.31. The Labute approximate surface area is 165 Å². The van der Waals surface area contributed by atoms with E-state index in [1.54, 1.807) is 17.0 Å². The van der Waals surface area contributed by atoms with E-state index in [1.807, 2.05) is 24.3 Å². The summed E-state index contributed by atoms with van der Waals surface area (Å²) in [5, 5.41) is 5.08. The zero-order valence-corrected chi connectivity index (χ0v) is 15.5. The predicted octanol–water partition coefficient (Wildman–Crippen LogP) is 4.75. The van der Waals surface area contributed by atoms with Gasteiger partial charge in [-0.25, -0.2) is 0 Å². The van der Waals surface area contributed by atoms with Crippen LogP contribution < -0.4 is 10.1 Å². The number of H-pyrrole nitrogens is 1. The van der Waals surface area contributed by atoms with Gasteiger partial charge in [0.05, 0.1) is 5.56 Å². The maximum Gasteiger partial charge on any atom is 0.387 e. The van der Waals surface area contributed by atoms with Crippen LogP contribution in [0.15, 0.2) is 48.5 Å². The summed E-state index contributed by atoms with van der Waals surface area (Å²) in [4.78, 5) is 17.7. The molecule has 2 aromatic carbocycles. The summed E-state index contributed by atoms with van der Waals surface area (Å²) in [6, 6.07) is 13.7. The van der Waals surface area contributed by atoms with E-state index < -0.39 is 6.61 Å². The predicted molar refractivity (Wildman–Crippen MR) is 104 cm³/mol. The highest BCUT2D eigenvalue weighted by atomic mass is 35.5. The molecule has 0 bridgehead atoms. The number of carbonyl (C=O) groups excluding carboxylic acids is 1. The Morgan fingerprint density at radius 3 is 2.89 bits per heavy atom. The van der Waals surface area contributed by atoms with Crippen LogP contribution in [-0.2, 0) is 0 Å². The van der Waals surface area contributed by atoms with Gasteiger partial charge in [-0.1, -0.05) is 29.8 Å². The monoisotopic (exact) mass is 405 g/mol. The maximum atomic E-state index is 12.8. The third kappa shape index (κ3) is 3.89. The van der Waals surface area contributed by atoms with Gasteiger partial charge in [0.15, 0.2) is 0 Å². The molecule has 1 amide bonds. The number of ether oxygens (including phenoxy) is 1. The third-order valence-electron chi connectivity index (χ3n) is 4.75. The molecule has 2 heterocycles. The van der Waals surface area contributed by atoms with Crippen LogP contribution in [0.4, 0.5) is 14.6 Å². The summed E-state index contributed by atoms with van der Waals surface area (Å²) < 4.78 is 29.7. The van der Waals surface area contributed by atoms with E-state index in [-0.39, 0.29) is 23.3 Å². The molecule has 0 unspecified atom stereocenters. The van der Waals surface area contributed by atoms with Gasteiger partial charge in [-0.3, -0.25) is 4.79 Å². The summed E-state index contributed by atoms with van der Waals surface area (Å²) in [5.74, 6) is 0.424. The fourth-order valence-corrected chi connectivity index (χ4v) is 3.64. The zero-order valence-electron chi connectivity index (χ0n) is 14.8. The van der Waals surface area contributed by atoms with Gasteiger partial charge < -0.3 is 19.9 Å². The van der Waals surface area contributed by atoms with Gasteiger partial charge in [-0.15, -0.1) is 0 Å². The van der Waals surface area contributed by atoms with Crippen molar-refractivity contribution in [3.8, 4) is 5.75 Å². The number of halogens is 3. The van der Waals surface area contributed by atoms with E-state index in [0.29, 0.717) is 18.1 Å². The van der Waals surface area contributed by atoms with Crippen molar-refractivity contribution in [2.75, 3.05) is 18.4 Å². The first-order valence-electron chi connectivity index (χ1n) is 8.87. The van der Waals surface area contributed by atoms with Crippen LogP contribution in [0.25, 0.3) is 10.9 Å². The molecule has 2 N–H and O–H groups in total. The fraction of sp³-hybridized carbons (Fsp3) is 0.250. The van der Waals surface area contributed by atoms with Gasteiger partial charge in [-0.2, -0.15) is 8.78 Å². The van der Waals surface area contributed by atoms with Crippen LogP contribution in [0.2, 0.25) is 5.02 Å². The average molecular weight is 406 g/mol. The van der Waals surface area contributed by atoms with E-state index in [0.717, 1.165) is 23.1 Å². The summed E-state index contributed by atoms with van der Waals surface area (Å²) in [5.41, 5.74) is 1.07. The second kappa shape index (κ2) is 7.67. The van der Waals surface area contributed by atoms with Crippen LogP contribution in [-0.4, -0.2) is 41.5 Å². The van der Waals surface area contributed by atoms with Crippen LogP contribution >= 0.6 is 11.6 Å². The Balaban J connectivity index is 1.44. The minimum atomic E-state index is -2.97. The summed E-state index contributed by atoms with van der Waals surface area (Å²) in [6.07, 6.45) is 0.750. The molecule has 0 aliphatic carbocycles. The van der Waals surface area contributed by atoms with Crippen LogP contribution in [0.3, 0.4) is 0 Å². The van der Waals surface area contributed by atoms with Crippen LogP contribution in [0.1, 0.15) is 16.8 Å². The summed E-state index contributed by atoms with van der Waals surface area (Å²) >= 11 is 6.01. The van der Waals surface area contributed by atoms with E-state index in [1.165, 1.54) is 12.1 Å². The first kappa shape index (κ1) is 18.6. The number of alkyl halides is 2. The van der Waals surface area contributed by atoms with Crippen LogP contribution in [0.5, 0.6) is 5.75 Å². The minimum Gasteiger partial charge on any atom is -0.434 e. The normalized spacial score (nSPS) is 16.7. The number of nitrogens with zero attached hydrogens (tertiary/aromatic N) is 1. The molecule has 28 heavy (non-hydrogen) atoms. The lowest BCUT2D eigenvalue weighted by Crippen LogP contribution is -2.32. The number of likely N-dealkylation sites (tertiary alicyclic amines) is 1. The molecule has 8 heteroatoms. The number of amides is 1. The zero-order chi connectivity index (χ0) is 19.7. The van der Waals surface area contributed by atoms with Gasteiger partial charge in [-0.05, 0) is 36.8 Å². The third-order valence-corrected chi connectivity index (χ3v) is 4.99. The van der Waals surface area contributed by atoms with E-state index in [9.17, 15) is 13.6 Å². The SMILES string of the molecule is O=C(c1ccccc1OC(F)F)N1CC[C@@H](Nc2cc3ccc(Cl)cc3[nH]2)C1. The van der Waals surface area contributed by atoms with Crippen molar-refractivity contribution in [1.29, 1.82) is 0 Å². The number of nitrogens with one attached hydrogen (secondary N) is 2. The smallest absolute Gasteiger partial charge is 0.387 e. The average Bonchev–Trinajstić information content (AvgIpc) is 3.27. The molecule has 1 fully saturated rings. The number of anilines is 1. The Bertz CT molecular complexity index is 1010. The molecule has 4 rings (SSSR count). The Morgan fingerprint density at radius 1 is 1.25 bits per heavy atom. The van der Waals surface area contributed by atoms with Crippen molar-refractivity contribution in [2.45, 2.75) is 19.1 Å². The molecule has 1 atom stereocenters. The Kier molecular flexibility index (Phi) is 5.09. The molecule has 1 saturated heterocycles.